The Hall–Kier alpha value is -1.32. The molecule has 2 nitrogen and oxygen atoms in total. The van der Waals surface area contributed by atoms with Crippen LogP contribution in [0, 0.1) is 6.92 Å². The largest absolute Gasteiger partial charge is 0.491 e. The fraction of sp³-hybridized carbons (Fsp3) is 0.412. The van der Waals surface area contributed by atoms with Gasteiger partial charge in [-0.25, -0.2) is 0 Å². The van der Waals surface area contributed by atoms with E-state index in [9.17, 15) is 0 Å². The van der Waals surface area contributed by atoms with Crippen LogP contribution in [0.25, 0.3) is 0 Å². The predicted octanol–water partition coefficient (Wildman–Crippen LogP) is 4.54. The summed E-state index contributed by atoms with van der Waals surface area (Å²) in [6.45, 7) is 9.37. The van der Waals surface area contributed by atoms with Crippen molar-refractivity contribution in [1.82, 2.24) is 5.32 Å². The van der Waals surface area contributed by atoms with E-state index in [1.165, 1.54) is 16.0 Å². The van der Waals surface area contributed by atoms with Gasteiger partial charge in [-0.05, 0) is 62.0 Å². The molecule has 0 saturated carbocycles. The van der Waals surface area contributed by atoms with Crippen molar-refractivity contribution in [2.45, 2.75) is 39.8 Å². The zero-order valence-corrected chi connectivity index (χ0v) is 13.5. The van der Waals surface area contributed by atoms with Gasteiger partial charge in [-0.1, -0.05) is 19.1 Å². The summed E-state index contributed by atoms with van der Waals surface area (Å²) in [4.78, 5) is 1.37. The lowest BCUT2D eigenvalue weighted by atomic mass is 9.99. The molecule has 0 radical (unpaired) electrons. The van der Waals surface area contributed by atoms with Crippen LogP contribution in [0.15, 0.2) is 35.7 Å². The van der Waals surface area contributed by atoms with E-state index in [-0.39, 0.29) is 12.1 Å². The van der Waals surface area contributed by atoms with Gasteiger partial charge < -0.3 is 10.1 Å². The first-order chi connectivity index (χ1) is 9.61. The summed E-state index contributed by atoms with van der Waals surface area (Å²) < 4.78 is 5.81. The molecule has 0 bridgehead atoms. The normalized spacial score (nSPS) is 12.7. The summed E-state index contributed by atoms with van der Waals surface area (Å²) in [6.07, 6.45) is 0.200. The third-order valence-electron chi connectivity index (χ3n) is 3.18. The molecule has 0 fully saturated rings. The minimum absolute atomic E-state index is 0.200. The summed E-state index contributed by atoms with van der Waals surface area (Å²) in [5, 5.41) is 5.73. The second-order valence-electron chi connectivity index (χ2n) is 5.16. The smallest absolute Gasteiger partial charge is 0.120 e. The topological polar surface area (TPSA) is 21.3 Å². The van der Waals surface area contributed by atoms with Gasteiger partial charge in [-0.2, -0.15) is 0 Å². The first-order valence-electron chi connectivity index (χ1n) is 7.15. The minimum atomic E-state index is 0.200. The second kappa shape index (κ2) is 6.91. The molecule has 2 rings (SSSR count). The molecular formula is C17H23NOS. The zero-order valence-electron chi connectivity index (χ0n) is 12.6. The van der Waals surface area contributed by atoms with Gasteiger partial charge in [0.05, 0.1) is 12.1 Å². The summed E-state index contributed by atoms with van der Waals surface area (Å²) in [5.74, 6) is 0.938. The zero-order chi connectivity index (χ0) is 14.5. The van der Waals surface area contributed by atoms with Crippen LogP contribution >= 0.6 is 11.3 Å². The Morgan fingerprint density at radius 1 is 1.25 bits per heavy atom. The van der Waals surface area contributed by atoms with E-state index in [2.05, 4.69) is 62.7 Å². The Morgan fingerprint density at radius 2 is 2.05 bits per heavy atom. The van der Waals surface area contributed by atoms with E-state index < -0.39 is 0 Å². The highest BCUT2D eigenvalue weighted by atomic mass is 32.1. The van der Waals surface area contributed by atoms with Crippen molar-refractivity contribution in [3.63, 3.8) is 0 Å². The molecule has 0 aliphatic rings. The maximum absolute atomic E-state index is 5.81. The molecule has 0 aliphatic heterocycles. The van der Waals surface area contributed by atoms with Crippen molar-refractivity contribution >= 4 is 11.3 Å². The number of hydrogen-bond acceptors (Lipinski definition) is 3. The van der Waals surface area contributed by atoms with Gasteiger partial charge in [0.1, 0.15) is 5.75 Å². The Morgan fingerprint density at radius 3 is 2.65 bits per heavy atom. The van der Waals surface area contributed by atoms with Crippen molar-refractivity contribution < 1.29 is 4.74 Å². The molecular weight excluding hydrogens is 266 g/mol. The number of aryl methyl sites for hydroxylation is 1. The van der Waals surface area contributed by atoms with Crippen LogP contribution in [-0.2, 0) is 0 Å². The highest BCUT2D eigenvalue weighted by molar-refractivity contribution is 7.10. The SMILES string of the molecule is CCNC(c1cccc(OC(C)C)c1)c1ccsc1C. The minimum Gasteiger partial charge on any atom is -0.491 e. The van der Waals surface area contributed by atoms with Crippen molar-refractivity contribution in [2.75, 3.05) is 6.54 Å². The van der Waals surface area contributed by atoms with Gasteiger partial charge in [0.25, 0.3) is 0 Å². The Balaban J connectivity index is 2.32. The molecule has 1 N–H and O–H groups in total. The van der Waals surface area contributed by atoms with Gasteiger partial charge in [0.2, 0.25) is 0 Å². The van der Waals surface area contributed by atoms with Gasteiger partial charge in [-0.15, -0.1) is 11.3 Å². The highest BCUT2D eigenvalue weighted by Gasteiger charge is 2.16. The number of rotatable bonds is 6. The molecule has 0 aliphatic carbocycles. The molecule has 1 unspecified atom stereocenters. The quantitative estimate of drug-likeness (QED) is 0.843. The molecule has 1 atom stereocenters. The number of benzene rings is 1. The van der Waals surface area contributed by atoms with Crippen LogP contribution in [0.2, 0.25) is 0 Å². The maximum Gasteiger partial charge on any atom is 0.120 e. The molecule has 2 aromatic rings. The van der Waals surface area contributed by atoms with Crippen molar-refractivity contribution in [3.05, 3.63) is 51.7 Å². The average molecular weight is 289 g/mol. The van der Waals surface area contributed by atoms with E-state index in [0.29, 0.717) is 0 Å². The molecule has 1 heterocycles. The first-order valence-corrected chi connectivity index (χ1v) is 8.03. The second-order valence-corrected chi connectivity index (χ2v) is 6.28. The van der Waals surface area contributed by atoms with Crippen molar-refractivity contribution in [2.24, 2.45) is 0 Å². The Labute approximate surface area is 125 Å². The van der Waals surface area contributed by atoms with Gasteiger partial charge >= 0.3 is 0 Å². The Bertz CT molecular complexity index is 547. The van der Waals surface area contributed by atoms with Gasteiger partial charge in [0, 0.05) is 4.88 Å². The molecule has 0 amide bonds. The lowest BCUT2D eigenvalue weighted by Crippen LogP contribution is -2.22. The summed E-state index contributed by atoms with van der Waals surface area (Å²) >= 11 is 1.80. The average Bonchev–Trinajstić information content (AvgIpc) is 2.81. The fourth-order valence-corrected chi connectivity index (χ4v) is 3.09. The first kappa shape index (κ1) is 15.1. The van der Waals surface area contributed by atoms with Crippen LogP contribution in [0.1, 0.15) is 42.8 Å². The van der Waals surface area contributed by atoms with Crippen LogP contribution in [0.3, 0.4) is 0 Å². The van der Waals surface area contributed by atoms with E-state index >= 15 is 0 Å². The summed E-state index contributed by atoms with van der Waals surface area (Å²) in [5.41, 5.74) is 2.62. The molecule has 3 heteroatoms. The molecule has 0 saturated heterocycles. The van der Waals surface area contributed by atoms with Crippen molar-refractivity contribution in [1.29, 1.82) is 0 Å². The number of hydrogen-bond donors (Lipinski definition) is 1. The molecule has 20 heavy (non-hydrogen) atoms. The van der Waals surface area contributed by atoms with Crippen LogP contribution in [0.4, 0.5) is 0 Å². The third-order valence-corrected chi connectivity index (χ3v) is 4.04. The number of thiophene rings is 1. The van der Waals surface area contributed by atoms with Crippen molar-refractivity contribution in [3.8, 4) is 5.75 Å². The third kappa shape index (κ3) is 3.62. The predicted molar refractivity (Wildman–Crippen MR) is 86.8 cm³/mol. The van der Waals surface area contributed by atoms with Crippen LogP contribution in [0.5, 0.6) is 5.75 Å². The van der Waals surface area contributed by atoms with Crippen LogP contribution in [-0.4, -0.2) is 12.6 Å². The number of ether oxygens (including phenoxy) is 1. The monoisotopic (exact) mass is 289 g/mol. The fourth-order valence-electron chi connectivity index (χ4n) is 2.35. The van der Waals surface area contributed by atoms with E-state index in [0.717, 1.165) is 12.3 Å². The van der Waals surface area contributed by atoms with E-state index in [1.807, 2.05) is 6.07 Å². The lowest BCUT2D eigenvalue weighted by molar-refractivity contribution is 0.242. The summed E-state index contributed by atoms with van der Waals surface area (Å²) in [7, 11) is 0. The molecule has 0 spiro atoms. The Kier molecular flexibility index (Phi) is 5.21. The van der Waals surface area contributed by atoms with Crippen LogP contribution < -0.4 is 10.1 Å². The lowest BCUT2D eigenvalue weighted by Gasteiger charge is -2.20. The highest BCUT2D eigenvalue weighted by Crippen LogP contribution is 2.30. The van der Waals surface area contributed by atoms with E-state index in [1.54, 1.807) is 11.3 Å². The molecule has 1 aromatic carbocycles. The standard InChI is InChI=1S/C17H23NOS/c1-5-18-17(16-9-10-20-13(16)4)14-7-6-8-15(11-14)19-12(2)3/h6-12,17-18H,5H2,1-4H3. The molecule has 108 valence electrons. The van der Waals surface area contributed by atoms with Gasteiger partial charge in [0.15, 0.2) is 0 Å². The molecule has 1 aromatic heterocycles. The summed E-state index contributed by atoms with van der Waals surface area (Å²) in [6, 6.07) is 10.8. The van der Waals surface area contributed by atoms with Gasteiger partial charge in [-0.3, -0.25) is 0 Å². The maximum atomic E-state index is 5.81. The number of nitrogens with one attached hydrogen (secondary N) is 1. The van der Waals surface area contributed by atoms with E-state index in [4.69, 9.17) is 4.74 Å².